The molecule has 4 heterocycles. The highest BCUT2D eigenvalue weighted by molar-refractivity contribution is 7.99. The summed E-state index contributed by atoms with van der Waals surface area (Å²) < 4.78 is 5.88. The van der Waals surface area contributed by atoms with Crippen LogP contribution in [0.15, 0.2) is 36.7 Å². The number of carbonyl (C=O) groups is 1. The van der Waals surface area contributed by atoms with Crippen LogP contribution in [0.5, 0.6) is 5.88 Å². The number of rotatable bonds is 6. The van der Waals surface area contributed by atoms with Crippen molar-refractivity contribution in [3.63, 3.8) is 0 Å². The summed E-state index contributed by atoms with van der Waals surface area (Å²) >= 11 is 1.89. The van der Waals surface area contributed by atoms with Gasteiger partial charge in [-0.3, -0.25) is 4.79 Å². The Morgan fingerprint density at radius 2 is 2.07 bits per heavy atom. The van der Waals surface area contributed by atoms with E-state index in [0.717, 1.165) is 42.4 Å². The Bertz CT molecular complexity index is 789. The van der Waals surface area contributed by atoms with Crippen molar-refractivity contribution in [2.24, 2.45) is 0 Å². The molecule has 1 amide bonds. The Morgan fingerprint density at radius 1 is 1.22 bits per heavy atom. The fourth-order valence-corrected chi connectivity index (χ4v) is 4.46. The van der Waals surface area contributed by atoms with E-state index in [-0.39, 0.29) is 12.0 Å². The van der Waals surface area contributed by atoms with Gasteiger partial charge in [-0.1, -0.05) is 0 Å². The lowest BCUT2D eigenvalue weighted by molar-refractivity contribution is 0.0950. The molecule has 7 heteroatoms. The van der Waals surface area contributed by atoms with Crippen LogP contribution in [0.4, 0.5) is 5.82 Å². The molecule has 6 nitrogen and oxygen atoms in total. The Morgan fingerprint density at radius 3 is 2.89 bits per heavy atom. The minimum absolute atomic E-state index is 0.123. The summed E-state index contributed by atoms with van der Waals surface area (Å²) in [4.78, 5) is 23.5. The van der Waals surface area contributed by atoms with Gasteiger partial charge in [0.1, 0.15) is 11.9 Å². The summed E-state index contributed by atoms with van der Waals surface area (Å²) in [5, 5.41) is 2.98. The van der Waals surface area contributed by atoms with Crippen LogP contribution in [0.2, 0.25) is 0 Å². The van der Waals surface area contributed by atoms with Crippen LogP contribution in [0.25, 0.3) is 0 Å². The lowest BCUT2D eigenvalue weighted by Crippen LogP contribution is -2.24. The van der Waals surface area contributed by atoms with Crippen LogP contribution >= 0.6 is 11.8 Å². The van der Waals surface area contributed by atoms with Crippen molar-refractivity contribution >= 4 is 23.5 Å². The molecule has 27 heavy (non-hydrogen) atoms. The van der Waals surface area contributed by atoms with Gasteiger partial charge >= 0.3 is 0 Å². The number of amides is 1. The van der Waals surface area contributed by atoms with Gasteiger partial charge in [-0.15, -0.1) is 0 Å². The van der Waals surface area contributed by atoms with Gasteiger partial charge in [0, 0.05) is 49.4 Å². The molecule has 2 aromatic heterocycles. The van der Waals surface area contributed by atoms with Crippen LogP contribution in [0, 0.1) is 0 Å². The molecule has 2 aliphatic heterocycles. The van der Waals surface area contributed by atoms with E-state index in [1.54, 1.807) is 18.3 Å². The summed E-state index contributed by atoms with van der Waals surface area (Å²) in [6.45, 7) is 2.59. The smallest absolute Gasteiger partial charge is 0.251 e. The van der Waals surface area contributed by atoms with Crippen molar-refractivity contribution in [1.82, 2.24) is 15.3 Å². The van der Waals surface area contributed by atoms with E-state index in [4.69, 9.17) is 4.74 Å². The number of carbonyl (C=O) groups excluding carboxylic acids is 1. The highest BCUT2D eigenvalue weighted by Gasteiger charge is 2.18. The van der Waals surface area contributed by atoms with Crippen molar-refractivity contribution in [2.75, 3.05) is 29.5 Å². The fourth-order valence-electron chi connectivity index (χ4n) is 3.37. The van der Waals surface area contributed by atoms with Crippen LogP contribution in [0.1, 0.15) is 35.2 Å². The molecule has 2 saturated heterocycles. The van der Waals surface area contributed by atoms with E-state index in [2.05, 4.69) is 26.3 Å². The van der Waals surface area contributed by atoms with E-state index in [1.165, 1.54) is 12.8 Å². The normalized spacial score (nSPS) is 19.3. The second-order valence-electron chi connectivity index (χ2n) is 6.89. The standard InChI is InChI=1S/C20H24N4O2S/c25-20(16-4-7-22-19(12-16)26-17-5-10-27-14-17)23-13-15-3-6-21-18(11-15)24-8-1-2-9-24/h3-4,6-7,11-12,17H,1-2,5,8-10,13-14H2,(H,23,25). The Hall–Kier alpha value is -2.28. The minimum Gasteiger partial charge on any atom is -0.473 e. The van der Waals surface area contributed by atoms with Crippen molar-refractivity contribution in [2.45, 2.75) is 31.9 Å². The molecule has 0 saturated carbocycles. The number of thioether (sulfide) groups is 1. The monoisotopic (exact) mass is 384 g/mol. The first-order chi connectivity index (χ1) is 13.3. The van der Waals surface area contributed by atoms with Crippen LogP contribution < -0.4 is 15.0 Å². The number of nitrogens with zero attached hydrogens (tertiary/aromatic N) is 3. The Labute approximate surface area is 163 Å². The quantitative estimate of drug-likeness (QED) is 0.826. The third-order valence-electron chi connectivity index (χ3n) is 4.87. The zero-order chi connectivity index (χ0) is 18.5. The summed E-state index contributed by atoms with van der Waals surface area (Å²) in [5.41, 5.74) is 1.62. The zero-order valence-corrected chi connectivity index (χ0v) is 16.1. The van der Waals surface area contributed by atoms with Gasteiger partial charge in [0.05, 0.1) is 0 Å². The van der Waals surface area contributed by atoms with E-state index >= 15 is 0 Å². The number of ether oxygens (including phenoxy) is 1. The molecule has 1 unspecified atom stereocenters. The van der Waals surface area contributed by atoms with Crippen molar-refractivity contribution in [1.29, 1.82) is 0 Å². The fraction of sp³-hybridized carbons (Fsp3) is 0.450. The van der Waals surface area contributed by atoms with E-state index in [1.807, 2.05) is 24.0 Å². The molecule has 142 valence electrons. The SMILES string of the molecule is O=C(NCc1ccnc(N2CCCC2)c1)c1ccnc(OC2CCSC2)c1. The molecule has 0 spiro atoms. The van der Waals surface area contributed by atoms with E-state index in [0.29, 0.717) is 18.0 Å². The Kier molecular flexibility index (Phi) is 5.77. The molecule has 2 fully saturated rings. The van der Waals surface area contributed by atoms with Crippen LogP contribution in [-0.4, -0.2) is 46.6 Å². The zero-order valence-electron chi connectivity index (χ0n) is 15.3. The summed E-state index contributed by atoms with van der Waals surface area (Å²) in [6, 6.07) is 7.44. The highest BCUT2D eigenvalue weighted by Crippen LogP contribution is 2.22. The molecule has 1 N–H and O–H groups in total. The molecule has 2 aromatic rings. The molecule has 4 rings (SSSR count). The predicted molar refractivity (Wildman–Crippen MR) is 107 cm³/mol. The molecule has 1 atom stereocenters. The number of hydrogen-bond donors (Lipinski definition) is 1. The van der Waals surface area contributed by atoms with Gasteiger partial charge < -0.3 is 15.0 Å². The predicted octanol–water partition coefficient (Wildman–Crippen LogP) is 2.89. The number of anilines is 1. The average molecular weight is 385 g/mol. The highest BCUT2D eigenvalue weighted by atomic mass is 32.2. The van der Waals surface area contributed by atoms with Gasteiger partial charge in [0.2, 0.25) is 5.88 Å². The molecule has 0 radical (unpaired) electrons. The number of pyridine rings is 2. The molecule has 0 aliphatic carbocycles. The summed E-state index contributed by atoms with van der Waals surface area (Å²) in [7, 11) is 0. The second-order valence-corrected chi connectivity index (χ2v) is 8.04. The molecular formula is C20H24N4O2S. The maximum Gasteiger partial charge on any atom is 0.251 e. The largest absolute Gasteiger partial charge is 0.473 e. The molecule has 0 aromatic carbocycles. The van der Waals surface area contributed by atoms with Crippen molar-refractivity contribution in [3.8, 4) is 5.88 Å². The van der Waals surface area contributed by atoms with Gasteiger partial charge in [-0.25, -0.2) is 9.97 Å². The van der Waals surface area contributed by atoms with Crippen molar-refractivity contribution in [3.05, 3.63) is 47.8 Å². The average Bonchev–Trinajstić information content (AvgIpc) is 3.41. The third-order valence-corrected chi connectivity index (χ3v) is 6.00. The number of hydrogen-bond acceptors (Lipinski definition) is 6. The first kappa shape index (κ1) is 18.1. The number of aromatic nitrogens is 2. The van der Waals surface area contributed by atoms with Gasteiger partial charge in [0.15, 0.2) is 0 Å². The van der Waals surface area contributed by atoms with E-state index in [9.17, 15) is 4.79 Å². The maximum absolute atomic E-state index is 12.5. The van der Waals surface area contributed by atoms with Crippen LogP contribution in [-0.2, 0) is 6.54 Å². The molecular weight excluding hydrogens is 360 g/mol. The Balaban J connectivity index is 1.35. The lowest BCUT2D eigenvalue weighted by atomic mass is 10.2. The minimum atomic E-state index is -0.123. The maximum atomic E-state index is 12.5. The van der Waals surface area contributed by atoms with E-state index < -0.39 is 0 Å². The lowest BCUT2D eigenvalue weighted by Gasteiger charge is -2.17. The summed E-state index contributed by atoms with van der Waals surface area (Å²) in [5.74, 6) is 3.50. The number of nitrogens with one attached hydrogen (secondary N) is 1. The molecule has 2 aliphatic rings. The van der Waals surface area contributed by atoms with Crippen molar-refractivity contribution < 1.29 is 9.53 Å². The van der Waals surface area contributed by atoms with Gasteiger partial charge in [-0.05, 0) is 48.8 Å². The molecule has 0 bridgehead atoms. The third kappa shape index (κ3) is 4.71. The van der Waals surface area contributed by atoms with Crippen LogP contribution in [0.3, 0.4) is 0 Å². The first-order valence-electron chi connectivity index (χ1n) is 9.46. The van der Waals surface area contributed by atoms with Gasteiger partial charge in [-0.2, -0.15) is 11.8 Å². The first-order valence-corrected chi connectivity index (χ1v) is 10.6. The van der Waals surface area contributed by atoms with Gasteiger partial charge in [0.25, 0.3) is 5.91 Å². The topological polar surface area (TPSA) is 67.4 Å². The summed E-state index contributed by atoms with van der Waals surface area (Å²) in [6.07, 6.45) is 7.10. The second kappa shape index (κ2) is 8.61.